The number of ketones is 1. The van der Waals surface area contributed by atoms with E-state index in [1.54, 1.807) is 24.3 Å². The first kappa shape index (κ1) is 12.6. The molecule has 1 saturated heterocycles. The van der Waals surface area contributed by atoms with Crippen molar-refractivity contribution in [2.24, 2.45) is 0 Å². The van der Waals surface area contributed by atoms with Gasteiger partial charge in [-0.1, -0.05) is 12.1 Å². The van der Waals surface area contributed by atoms with Crippen molar-refractivity contribution in [3.05, 3.63) is 29.8 Å². The number of hydrogen-bond donors (Lipinski definition) is 2. The maximum Gasteiger partial charge on any atom is 0.307 e. The number of carbonyl (C=O) groups excluding carboxylic acids is 1. The van der Waals surface area contributed by atoms with Crippen LogP contribution in [0.1, 0.15) is 23.7 Å². The van der Waals surface area contributed by atoms with Crippen LogP contribution in [0.15, 0.2) is 24.3 Å². The van der Waals surface area contributed by atoms with Crippen LogP contribution in [0.2, 0.25) is 0 Å². The number of carboxylic acid groups (broad SMARTS) is 1. The molecule has 1 aliphatic heterocycles. The molecule has 0 unspecified atom stereocenters. The Hall–Kier alpha value is -1.88. The summed E-state index contributed by atoms with van der Waals surface area (Å²) in [4.78, 5) is 22.1. The number of benzene rings is 1. The summed E-state index contributed by atoms with van der Waals surface area (Å²) in [5.74, 6) is -0.399. The lowest BCUT2D eigenvalue weighted by atomic mass is 9.92. The second kappa shape index (κ2) is 4.78. The largest absolute Gasteiger partial charge is 0.484 e. The quantitative estimate of drug-likeness (QED) is 0.764. The summed E-state index contributed by atoms with van der Waals surface area (Å²) < 4.78 is 5.74. The molecule has 2 N–H and O–H groups in total. The Morgan fingerprint density at radius 1 is 1.44 bits per heavy atom. The Morgan fingerprint density at radius 2 is 2.17 bits per heavy atom. The molecule has 0 aromatic heterocycles. The third kappa shape index (κ3) is 2.68. The maximum absolute atomic E-state index is 11.3. The highest BCUT2D eigenvalue weighted by atomic mass is 16.5. The van der Waals surface area contributed by atoms with Gasteiger partial charge in [-0.3, -0.25) is 9.59 Å². The number of nitrogens with one attached hydrogen (secondary N) is 1. The summed E-state index contributed by atoms with van der Waals surface area (Å²) in [6, 6.07) is 6.81. The molecule has 5 nitrogen and oxygen atoms in total. The summed E-state index contributed by atoms with van der Waals surface area (Å²) in [7, 11) is 0. The van der Waals surface area contributed by atoms with Crippen LogP contribution < -0.4 is 10.1 Å². The van der Waals surface area contributed by atoms with Gasteiger partial charge in [-0.05, 0) is 19.1 Å². The predicted octanol–water partition coefficient (Wildman–Crippen LogP) is 1.08. The van der Waals surface area contributed by atoms with E-state index in [9.17, 15) is 9.59 Å². The highest BCUT2D eigenvalue weighted by molar-refractivity contribution is 5.94. The second-order valence-corrected chi connectivity index (χ2v) is 4.54. The first-order valence-electron chi connectivity index (χ1n) is 5.73. The van der Waals surface area contributed by atoms with Gasteiger partial charge in [0.1, 0.15) is 11.4 Å². The van der Waals surface area contributed by atoms with E-state index < -0.39 is 11.6 Å². The van der Waals surface area contributed by atoms with E-state index >= 15 is 0 Å². The van der Waals surface area contributed by atoms with Crippen molar-refractivity contribution in [1.29, 1.82) is 0 Å². The van der Waals surface area contributed by atoms with Gasteiger partial charge in [-0.25, -0.2) is 0 Å². The minimum atomic E-state index is -0.890. The van der Waals surface area contributed by atoms with Crippen molar-refractivity contribution >= 4 is 11.8 Å². The fraction of sp³-hybridized carbons (Fsp3) is 0.385. The Morgan fingerprint density at radius 3 is 2.67 bits per heavy atom. The van der Waals surface area contributed by atoms with E-state index in [-0.39, 0.29) is 12.2 Å². The fourth-order valence-electron chi connectivity index (χ4n) is 1.94. The monoisotopic (exact) mass is 249 g/mol. The normalized spacial score (nSPS) is 16.7. The van der Waals surface area contributed by atoms with Gasteiger partial charge in [-0.2, -0.15) is 0 Å². The molecule has 1 heterocycles. The molecule has 1 fully saturated rings. The standard InChI is InChI=1S/C13H15NO4/c1-9(15)10-3-2-4-11(5-10)18-13(6-12(16)17)7-14-8-13/h2-5,14H,6-8H2,1H3,(H,16,17). The van der Waals surface area contributed by atoms with Gasteiger partial charge in [0.05, 0.1) is 6.42 Å². The molecular weight excluding hydrogens is 234 g/mol. The van der Waals surface area contributed by atoms with E-state index in [0.29, 0.717) is 24.4 Å². The molecule has 0 atom stereocenters. The number of carboxylic acids is 1. The van der Waals surface area contributed by atoms with Crippen molar-refractivity contribution in [2.75, 3.05) is 13.1 Å². The average Bonchev–Trinajstić information content (AvgIpc) is 2.25. The first-order chi connectivity index (χ1) is 8.51. The Kier molecular flexibility index (Phi) is 3.34. The molecule has 1 aromatic carbocycles. The van der Waals surface area contributed by atoms with Crippen LogP contribution in [-0.2, 0) is 4.79 Å². The summed E-state index contributed by atoms with van der Waals surface area (Å²) in [6.45, 7) is 2.49. The number of hydrogen-bond acceptors (Lipinski definition) is 4. The average molecular weight is 249 g/mol. The summed E-state index contributed by atoms with van der Waals surface area (Å²) >= 11 is 0. The van der Waals surface area contributed by atoms with Gasteiger partial charge in [0.15, 0.2) is 5.78 Å². The number of Topliss-reactive ketones (excluding diaryl/α,β-unsaturated/α-hetero) is 1. The fourth-order valence-corrected chi connectivity index (χ4v) is 1.94. The molecule has 0 amide bonds. The van der Waals surface area contributed by atoms with Gasteiger partial charge in [0.25, 0.3) is 0 Å². The Labute approximate surface area is 105 Å². The lowest BCUT2D eigenvalue weighted by molar-refractivity contribution is -0.143. The highest BCUT2D eigenvalue weighted by Crippen LogP contribution is 2.26. The maximum atomic E-state index is 11.3. The number of rotatable bonds is 5. The zero-order valence-electron chi connectivity index (χ0n) is 10.1. The van der Waals surface area contributed by atoms with Crippen molar-refractivity contribution in [3.8, 4) is 5.75 Å². The van der Waals surface area contributed by atoms with Crippen LogP contribution in [-0.4, -0.2) is 35.5 Å². The number of ether oxygens (including phenoxy) is 1. The van der Waals surface area contributed by atoms with Gasteiger partial charge in [0.2, 0.25) is 0 Å². The zero-order chi connectivity index (χ0) is 13.2. The molecule has 0 saturated carbocycles. The van der Waals surface area contributed by atoms with Crippen LogP contribution in [0.25, 0.3) is 0 Å². The smallest absolute Gasteiger partial charge is 0.307 e. The number of aliphatic carboxylic acids is 1. The Bertz CT molecular complexity index is 480. The third-order valence-electron chi connectivity index (χ3n) is 2.94. The highest BCUT2D eigenvalue weighted by Gasteiger charge is 2.41. The molecule has 0 spiro atoms. The molecule has 18 heavy (non-hydrogen) atoms. The van der Waals surface area contributed by atoms with Crippen molar-refractivity contribution in [1.82, 2.24) is 5.32 Å². The van der Waals surface area contributed by atoms with Crippen LogP contribution >= 0.6 is 0 Å². The second-order valence-electron chi connectivity index (χ2n) is 4.54. The van der Waals surface area contributed by atoms with Crippen molar-refractivity contribution in [3.63, 3.8) is 0 Å². The SMILES string of the molecule is CC(=O)c1cccc(OC2(CC(=O)O)CNC2)c1. The number of carbonyl (C=O) groups is 2. The van der Waals surface area contributed by atoms with Crippen molar-refractivity contribution < 1.29 is 19.4 Å². The first-order valence-corrected chi connectivity index (χ1v) is 5.73. The van der Waals surface area contributed by atoms with E-state index in [0.717, 1.165) is 0 Å². The Balaban J connectivity index is 2.14. The molecule has 1 aliphatic rings. The van der Waals surface area contributed by atoms with Gasteiger partial charge in [-0.15, -0.1) is 0 Å². The van der Waals surface area contributed by atoms with E-state index in [1.165, 1.54) is 6.92 Å². The molecule has 0 aliphatic carbocycles. The van der Waals surface area contributed by atoms with Crippen molar-refractivity contribution in [2.45, 2.75) is 18.9 Å². The molecule has 1 aromatic rings. The van der Waals surface area contributed by atoms with Crippen LogP contribution in [0.5, 0.6) is 5.75 Å². The molecule has 0 radical (unpaired) electrons. The summed E-state index contributed by atoms with van der Waals surface area (Å²) in [5, 5.41) is 11.9. The molecule has 2 rings (SSSR count). The van der Waals surface area contributed by atoms with Gasteiger partial charge in [0, 0.05) is 18.7 Å². The van der Waals surface area contributed by atoms with Crippen LogP contribution in [0.3, 0.4) is 0 Å². The molecule has 5 heteroatoms. The predicted molar refractivity (Wildman–Crippen MR) is 64.9 cm³/mol. The lowest BCUT2D eigenvalue weighted by Gasteiger charge is -2.41. The summed E-state index contributed by atoms with van der Waals surface area (Å²) in [6.07, 6.45) is -0.0513. The minimum absolute atomic E-state index is 0.0422. The van der Waals surface area contributed by atoms with E-state index in [1.807, 2.05) is 0 Å². The minimum Gasteiger partial charge on any atom is -0.484 e. The van der Waals surface area contributed by atoms with E-state index in [4.69, 9.17) is 9.84 Å². The molecule has 0 bridgehead atoms. The third-order valence-corrected chi connectivity index (χ3v) is 2.94. The lowest BCUT2D eigenvalue weighted by Crippen LogP contribution is -2.64. The molecule has 96 valence electrons. The van der Waals surface area contributed by atoms with Crippen LogP contribution in [0, 0.1) is 0 Å². The van der Waals surface area contributed by atoms with Gasteiger partial charge < -0.3 is 15.2 Å². The van der Waals surface area contributed by atoms with Crippen LogP contribution in [0.4, 0.5) is 0 Å². The van der Waals surface area contributed by atoms with E-state index in [2.05, 4.69) is 5.32 Å². The summed E-state index contributed by atoms with van der Waals surface area (Å²) in [5.41, 5.74) is -0.133. The van der Waals surface area contributed by atoms with Gasteiger partial charge >= 0.3 is 5.97 Å². The topological polar surface area (TPSA) is 75.6 Å². The molecular formula is C13H15NO4. The zero-order valence-corrected chi connectivity index (χ0v) is 10.1.